The lowest BCUT2D eigenvalue weighted by Crippen LogP contribution is -2.27. The van der Waals surface area contributed by atoms with Crippen molar-refractivity contribution in [1.82, 2.24) is 15.6 Å². The molecule has 0 atom stereocenters. The highest BCUT2D eigenvalue weighted by Gasteiger charge is 2.08. The molecule has 0 saturated carbocycles. The van der Waals surface area contributed by atoms with Crippen LogP contribution in [0.15, 0.2) is 48.7 Å². The third kappa shape index (κ3) is 8.07. The summed E-state index contributed by atoms with van der Waals surface area (Å²) in [4.78, 5) is 27.8. The number of nitrogens with one attached hydrogen (secondary N) is 2. The number of rotatable bonds is 11. The molecule has 0 aliphatic carbocycles. The van der Waals surface area contributed by atoms with E-state index in [1.165, 1.54) is 0 Å². The second-order valence-electron chi connectivity index (χ2n) is 6.18. The second-order valence-corrected chi connectivity index (χ2v) is 6.18. The van der Waals surface area contributed by atoms with Crippen LogP contribution in [0.3, 0.4) is 0 Å². The number of nitrogens with zero attached hydrogens (tertiary/aromatic N) is 1. The smallest absolute Gasteiger partial charge is 0.407 e. The maximum Gasteiger partial charge on any atom is 0.407 e. The molecule has 0 saturated heterocycles. The van der Waals surface area contributed by atoms with Crippen molar-refractivity contribution in [3.63, 3.8) is 0 Å². The third-order valence-electron chi connectivity index (χ3n) is 3.83. The van der Waals surface area contributed by atoms with Crippen molar-refractivity contribution in [3.05, 3.63) is 59.8 Å². The first-order valence-electron chi connectivity index (χ1n) is 9.47. The topological polar surface area (TPSA) is 89.5 Å². The molecule has 0 spiro atoms. The predicted octanol–water partition coefficient (Wildman–Crippen LogP) is 3.19. The lowest BCUT2D eigenvalue weighted by Gasteiger charge is -2.10. The van der Waals surface area contributed by atoms with E-state index in [0.717, 1.165) is 17.5 Å². The van der Waals surface area contributed by atoms with Gasteiger partial charge in [-0.1, -0.05) is 43.3 Å². The molecule has 0 aliphatic rings. The first kappa shape index (κ1) is 21.2. The van der Waals surface area contributed by atoms with Crippen LogP contribution in [0.2, 0.25) is 0 Å². The van der Waals surface area contributed by atoms with Gasteiger partial charge in [-0.3, -0.25) is 4.79 Å². The normalized spacial score (nSPS) is 10.2. The number of benzene rings is 1. The van der Waals surface area contributed by atoms with E-state index in [-0.39, 0.29) is 12.5 Å². The zero-order valence-corrected chi connectivity index (χ0v) is 16.1. The van der Waals surface area contributed by atoms with Crippen LogP contribution in [0, 0.1) is 0 Å². The highest BCUT2D eigenvalue weighted by atomic mass is 16.5. The molecule has 0 fully saturated rings. The number of hydrogen-bond acceptors (Lipinski definition) is 5. The Morgan fingerprint density at radius 3 is 2.68 bits per heavy atom. The van der Waals surface area contributed by atoms with Crippen LogP contribution in [-0.4, -0.2) is 30.1 Å². The minimum Gasteiger partial charge on any atom is -0.477 e. The monoisotopic (exact) mass is 385 g/mol. The van der Waals surface area contributed by atoms with Gasteiger partial charge in [0.1, 0.15) is 6.61 Å². The number of ether oxygens (including phenoxy) is 2. The summed E-state index contributed by atoms with van der Waals surface area (Å²) in [6, 6.07) is 13.1. The molecule has 2 amide bonds. The van der Waals surface area contributed by atoms with Gasteiger partial charge in [-0.2, -0.15) is 0 Å². The summed E-state index contributed by atoms with van der Waals surface area (Å²) in [5, 5.41) is 5.49. The molecule has 2 aromatic rings. The summed E-state index contributed by atoms with van der Waals surface area (Å²) >= 11 is 0. The van der Waals surface area contributed by atoms with Gasteiger partial charge >= 0.3 is 6.09 Å². The summed E-state index contributed by atoms with van der Waals surface area (Å²) in [5.74, 6) is 0.456. The SMILES string of the molecule is CCCOc1ncccc1CNC(=O)CCCNC(=O)OCc1ccccc1. The van der Waals surface area contributed by atoms with Crippen molar-refractivity contribution in [3.8, 4) is 5.88 Å². The van der Waals surface area contributed by atoms with Crippen LogP contribution in [-0.2, 0) is 22.7 Å². The van der Waals surface area contributed by atoms with Gasteiger partial charge in [-0.25, -0.2) is 9.78 Å². The fourth-order valence-electron chi connectivity index (χ4n) is 2.38. The molecule has 0 bridgehead atoms. The minimum atomic E-state index is -0.489. The number of hydrogen-bond donors (Lipinski definition) is 2. The van der Waals surface area contributed by atoms with E-state index in [9.17, 15) is 9.59 Å². The highest BCUT2D eigenvalue weighted by molar-refractivity contribution is 5.76. The predicted molar refractivity (Wildman–Crippen MR) is 106 cm³/mol. The maximum absolute atomic E-state index is 12.0. The quantitative estimate of drug-likeness (QED) is 0.580. The first-order chi connectivity index (χ1) is 13.7. The molecule has 1 aromatic carbocycles. The Balaban J connectivity index is 1.59. The van der Waals surface area contributed by atoms with Crippen molar-refractivity contribution in [1.29, 1.82) is 0 Å². The van der Waals surface area contributed by atoms with Crippen molar-refractivity contribution in [2.45, 2.75) is 39.3 Å². The standard InChI is InChI=1S/C21H27N3O4/c1-2-14-27-20-18(10-6-12-22-20)15-24-19(25)11-7-13-23-21(26)28-16-17-8-4-3-5-9-17/h3-6,8-10,12H,2,7,11,13-16H2,1H3,(H,23,26)(H,24,25). The molecule has 0 aliphatic heterocycles. The van der Waals surface area contributed by atoms with Gasteiger partial charge < -0.3 is 20.1 Å². The van der Waals surface area contributed by atoms with Crippen LogP contribution in [0.1, 0.15) is 37.3 Å². The van der Waals surface area contributed by atoms with Crippen molar-refractivity contribution < 1.29 is 19.1 Å². The van der Waals surface area contributed by atoms with Crippen molar-refractivity contribution >= 4 is 12.0 Å². The van der Waals surface area contributed by atoms with Crippen molar-refractivity contribution in [2.24, 2.45) is 0 Å². The van der Waals surface area contributed by atoms with Crippen LogP contribution in [0.5, 0.6) is 5.88 Å². The van der Waals surface area contributed by atoms with Gasteiger partial charge in [0.15, 0.2) is 0 Å². The third-order valence-corrected chi connectivity index (χ3v) is 3.83. The number of pyridine rings is 1. The molecular formula is C21H27N3O4. The largest absolute Gasteiger partial charge is 0.477 e. The van der Waals surface area contributed by atoms with Gasteiger partial charge in [-0.15, -0.1) is 0 Å². The molecule has 1 aromatic heterocycles. The molecule has 28 heavy (non-hydrogen) atoms. The Hall–Kier alpha value is -3.09. The lowest BCUT2D eigenvalue weighted by molar-refractivity contribution is -0.121. The molecule has 7 heteroatoms. The van der Waals surface area contributed by atoms with E-state index in [4.69, 9.17) is 9.47 Å². The van der Waals surface area contributed by atoms with E-state index < -0.39 is 6.09 Å². The Bertz CT molecular complexity index is 737. The molecule has 2 N–H and O–H groups in total. The minimum absolute atomic E-state index is 0.0928. The number of carbonyl (C=O) groups is 2. The average molecular weight is 385 g/mol. The molecule has 2 rings (SSSR count). The zero-order valence-electron chi connectivity index (χ0n) is 16.1. The van der Waals surface area contributed by atoms with Gasteiger partial charge in [0.05, 0.1) is 6.61 Å². The highest BCUT2D eigenvalue weighted by Crippen LogP contribution is 2.14. The zero-order chi connectivity index (χ0) is 20.0. The summed E-state index contributed by atoms with van der Waals surface area (Å²) in [6.45, 7) is 3.57. The number of amides is 2. The molecule has 0 radical (unpaired) electrons. The van der Waals surface area contributed by atoms with Crippen molar-refractivity contribution in [2.75, 3.05) is 13.2 Å². The van der Waals surface area contributed by atoms with E-state index in [0.29, 0.717) is 38.4 Å². The fraction of sp³-hybridized carbons (Fsp3) is 0.381. The number of alkyl carbamates (subject to hydrolysis) is 1. The van der Waals surface area contributed by atoms with E-state index in [1.54, 1.807) is 6.20 Å². The Kier molecular flexibility index (Phi) is 9.34. The molecule has 0 unspecified atom stereocenters. The molecule has 150 valence electrons. The van der Waals surface area contributed by atoms with Gasteiger partial charge in [0, 0.05) is 31.3 Å². The molecule has 7 nitrogen and oxygen atoms in total. The van der Waals surface area contributed by atoms with E-state index >= 15 is 0 Å². The molecule has 1 heterocycles. The van der Waals surface area contributed by atoms with Crippen LogP contribution in [0.25, 0.3) is 0 Å². The number of aromatic nitrogens is 1. The van der Waals surface area contributed by atoms with Gasteiger partial charge in [-0.05, 0) is 24.5 Å². The summed E-state index contributed by atoms with van der Waals surface area (Å²) in [6.07, 6.45) is 2.91. The summed E-state index contributed by atoms with van der Waals surface area (Å²) in [5.41, 5.74) is 1.77. The van der Waals surface area contributed by atoms with E-state index in [1.807, 2.05) is 49.4 Å². The lowest BCUT2D eigenvalue weighted by atomic mass is 10.2. The molecular weight excluding hydrogens is 358 g/mol. The van der Waals surface area contributed by atoms with E-state index in [2.05, 4.69) is 15.6 Å². The average Bonchev–Trinajstić information content (AvgIpc) is 2.73. The maximum atomic E-state index is 12.0. The Morgan fingerprint density at radius 1 is 1.07 bits per heavy atom. The van der Waals surface area contributed by atoms with Gasteiger partial charge in [0.2, 0.25) is 11.8 Å². The van der Waals surface area contributed by atoms with Gasteiger partial charge in [0.25, 0.3) is 0 Å². The Labute approximate surface area is 165 Å². The Morgan fingerprint density at radius 2 is 1.89 bits per heavy atom. The second kappa shape index (κ2) is 12.3. The fourth-order valence-corrected chi connectivity index (χ4v) is 2.38. The number of carbonyl (C=O) groups excluding carboxylic acids is 2. The van der Waals surface area contributed by atoms with Crippen LogP contribution < -0.4 is 15.4 Å². The summed E-state index contributed by atoms with van der Waals surface area (Å²) in [7, 11) is 0. The summed E-state index contributed by atoms with van der Waals surface area (Å²) < 4.78 is 10.7. The van der Waals surface area contributed by atoms with Crippen LogP contribution >= 0.6 is 0 Å². The van der Waals surface area contributed by atoms with Crippen LogP contribution in [0.4, 0.5) is 4.79 Å². The first-order valence-corrected chi connectivity index (χ1v) is 9.47.